The molecule has 4 N–H and O–H groups in total. The normalized spacial score (nSPS) is 19.2. The predicted octanol–water partition coefficient (Wildman–Crippen LogP) is 7.82. The number of alkyl carbamates (subject to hydrolysis) is 1. The van der Waals surface area contributed by atoms with E-state index in [1.807, 2.05) is 72.8 Å². The monoisotopic (exact) mass is 721 g/mol. The van der Waals surface area contributed by atoms with Crippen molar-refractivity contribution in [2.75, 3.05) is 19.6 Å². The van der Waals surface area contributed by atoms with E-state index in [-0.39, 0.29) is 17.4 Å². The van der Waals surface area contributed by atoms with Gasteiger partial charge in [0.1, 0.15) is 24.2 Å². The number of aryl methyl sites for hydroxylation is 1. The van der Waals surface area contributed by atoms with Crippen LogP contribution in [-0.2, 0) is 17.8 Å². The molecule has 270 valence electrons. The molecule has 4 heterocycles. The number of aromatic hydroxyl groups is 1. The maximum atomic E-state index is 13.2. The molecule has 2 bridgehead atoms. The quantitative estimate of drug-likeness (QED) is 0.0915. The van der Waals surface area contributed by atoms with Gasteiger partial charge < -0.3 is 30.0 Å². The van der Waals surface area contributed by atoms with E-state index in [4.69, 9.17) is 21.1 Å². The van der Waals surface area contributed by atoms with E-state index in [2.05, 4.69) is 15.2 Å². The van der Waals surface area contributed by atoms with Gasteiger partial charge in [-0.05, 0) is 109 Å². The van der Waals surface area contributed by atoms with Gasteiger partial charge in [0.15, 0.2) is 0 Å². The number of aliphatic hydroxyl groups is 1. The number of pyridine rings is 1. The molecule has 1 aromatic heterocycles. The maximum absolute atomic E-state index is 13.2. The summed E-state index contributed by atoms with van der Waals surface area (Å²) in [6.45, 7) is 3.30. The number of nitrogens with zero attached hydrogens (tertiary/aromatic N) is 1. The number of carbonyl (C=O) groups is 1. The van der Waals surface area contributed by atoms with E-state index in [0.29, 0.717) is 46.2 Å². The number of unbranched alkanes of at least 4 members (excludes halogenated alkanes) is 1. The van der Waals surface area contributed by atoms with Crippen molar-refractivity contribution in [3.05, 3.63) is 140 Å². The molecule has 0 spiro atoms. The molecule has 9 nitrogen and oxygen atoms in total. The first-order chi connectivity index (χ1) is 25.3. The van der Waals surface area contributed by atoms with E-state index in [1.54, 1.807) is 12.1 Å². The minimum Gasteiger partial charge on any atom is -0.506 e. The fraction of sp³-hybridized carbons (Fsp3) is 0.333. The molecular weight excluding hydrogens is 678 g/mol. The van der Waals surface area contributed by atoms with Gasteiger partial charge in [-0.15, -0.1) is 0 Å². The number of benzene rings is 4. The molecular formula is C42H44ClN3O6. The second kappa shape index (κ2) is 16.2. The molecule has 4 aromatic carbocycles. The van der Waals surface area contributed by atoms with Crippen molar-refractivity contribution in [3.63, 3.8) is 0 Å². The number of halogens is 1. The maximum Gasteiger partial charge on any atom is 0.408 e. The topological polar surface area (TPSA) is 124 Å². The summed E-state index contributed by atoms with van der Waals surface area (Å²) in [5, 5.41) is 25.5. The van der Waals surface area contributed by atoms with Gasteiger partial charge in [0.2, 0.25) is 5.56 Å². The molecule has 3 fully saturated rings. The number of aromatic nitrogens is 1. The number of aromatic amines is 1. The highest BCUT2D eigenvalue weighted by atomic mass is 35.5. The number of H-pyrrole nitrogens is 1. The summed E-state index contributed by atoms with van der Waals surface area (Å²) in [6, 6.07) is 29.4. The SMILES string of the molecule is O=C(N[C@@H](c1ccccc1)c1cccc(OCc2ccc(CCCC[C@H](O)c3ccc(O)c4[nH]c(=O)ccc34)c(Cl)c2)c1)O[C@H]1CN2CCC1CC2. The number of phenolic OH excluding ortho intramolecular Hbond substituents is 1. The molecule has 10 heteroatoms. The average Bonchev–Trinajstić information content (AvgIpc) is 3.16. The van der Waals surface area contributed by atoms with E-state index < -0.39 is 18.2 Å². The van der Waals surface area contributed by atoms with Crippen LogP contribution in [0.25, 0.3) is 10.9 Å². The Morgan fingerprint density at radius 2 is 1.75 bits per heavy atom. The molecule has 1 amide bonds. The summed E-state index contributed by atoms with van der Waals surface area (Å²) in [5.74, 6) is 1.08. The smallest absolute Gasteiger partial charge is 0.408 e. The van der Waals surface area contributed by atoms with Crippen LogP contribution in [0.3, 0.4) is 0 Å². The largest absolute Gasteiger partial charge is 0.506 e. The van der Waals surface area contributed by atoms with Crippen LogP contribution in [0.15, 0.2) is 102 Å². The van der Waals surface area contributed by atoms with Gasteiger partial charge in [-0.1, -0.05) is 78.7 Å². The second-order valence-corrected chi connectivity index (χ2v) is 14.3. The van der Waals surface area contributed by atoms with Crippen LogP contribution in [0.4, 0.5) is 4.79 Å². The number of piperidine rings is 3. The van der Waals surface area contributed by atoms with Crippen LogP contribution in [0.1, 0.15) is 72.1 Å². The lowest BCUT2D eigenvalue weighted by Gasteiger charge is -2.43. The molecule has 8 rings (SSSR count). The van der Waals surface area contributed by atoms with Gasteiger partial charge in [0.05, 0.1) is 17.7 Å². The van der Waals surface area contributed by atoms with Crippen molar-refractivity contribution in [1.82, 2.24) is 15.2 Å². The first-order valence-electron chi connectivity index (χ1n) is 18.1. The van der Waals surface area contributed by atoms with E-state index in [0.717, 1.165) is 74.0 Å². The third kappa shape index (κ3) is 8.44. The number of rotatable bonds is 13. The van der Waals surface area contributed by atoms with Crippen LogP contribution in [0.2, 0.25) is 5.02 Å². The Labute approximate surface area is 308 Å². The number of ether oxygens (including phenoxy) is 2. The second-order valence-electron chi connectivity index (χ2n) is 13.9. The summed E-state index contributed by atoms with van der Waals surface area (Å²) < 4.78 is 12.2. The Hall–Kier alpha value is -4.83. The predicted molar refractivity (Wildman–Crippen MR) is 202 cm³/mol. The Balaban J connectivity index is 0.932. The molecule has 0 unspecified atom stereocenters. The van der Waals surface area contributed by atoms with Crippen molar-refractivity contribution in [3.8, 4) is 11.5 Å². The highest BCUT2D eigenvalue weighted by Gasteiger charge is 2.37. The number of carbonyl (C=O) groups excluding carboxylic acids is 1. The third-order valence-electron chi connectivity index (χ3n) is 10.4. The molecule has 3 saturated heterocycles. The minimum absolute atomic E-state index is 0.0249. The fourth-order valence-electron chi connectivity index (χ4n) is 7.53. The molecule has 0 saturated carbocycles. The van der Waals surface area contributed by atoms with E-state index in [9.17, 15) is 19.8 Å². The average molecular weight is 722 g/mol. The molecule has 0 radical (unpaired) electrons. The molecule has 3 atom stereocenters. The Morgan fingerprint density at radius 1 is 0.942 bits per heavy atom. The van der Waals surface area contributed by atoms with Crippen molar-refractivity contribution < 1.29 is 24.5 Å². The molecule has 52 heavy (non-hydrogen) atoms. The van der Waals surface area contributed by atoms with Crippen molar-refractivity contribution in [2.45, 2.75) is 63.4 Å². The molecule has 5 aromatic rings. The van der Waals surface area contributed by atoms with Gasteiger partial charge in [-0.3, -0.25) is 9.69 Å². The van der Waals surface area contributed by atoms with E-state index in [1.165, 1.54) is 12.1 Å². The lowest BCUT2D eigenvalue weighted by atomic mass is 9.86. The summed E-state index contributed by atoms with van der Waals surface area (Å²) in [5.41, 5.74) is 4.50. The van der Waals surface area contributed by atoms with Gasteiger partial charge in [-0.25, -0.2) is 4.79 Å². The molecule has 0 aliphatic carbocycles. The van der Waals surface area contributed by atoms with Gasteiger partial charge in [0, 0.05) is 23.0 Å². The molecule has 3 aliphatic rings. The zero-order valence-corrected chi connectivity index (χ0v) is 29.7. The summed E-state index contributed by atoms with van der Waals surface area (Å²) in [6.07, 6.45) is 3.82. The lowest BCUT2D eigenvalue weighted by Crippen LogP contribution is -2.52. The highest BCUT2D eigenvalue weighted by Crippen LogP contribution is 2.33. The fourth-order valence-corrected chi connectivity index (χ4v) is 7.83. The standard InChI is InChI=1S/C42H44ClN3O6/c43-35-23-27(13-14-28(35)7-4-5-12-36(47)33-15-17-37(48)41-34(33)16-18-39(49)44-41)26-51-32-11-6-10-31(24-32)40(30-8-2-1-3-9-30)45-42(50)52-38-25-46-21-19-29(38)20-22-46/h1-3,6,8-11,13-18,23-24,29,36,38,40,47-48H,4-5,7,12,19-22,25-26H2,(H,44,49)(H,45,50)/t36-,38-,40-/m0/s1. The van der Waals surface area contributed by atoms with Crippen molar-refractivity contribution in [2.24, 2.45) is 5.92 Å². The third-order valence-corrected chi connectivity index (χ3v) is 10.8. The lowest BCUT2D eigenvalue weighted by molar-refractivity contribution is -0.0336. The zero-order chi connectivity index (χ0) is 36.0. The summed E-state index contributed by atoms with van der Waals surface area (Å²) in [7, 11) is 0. The Morgan fingerprint density at radius 3 is 2.52 bits per heavy atom. The summed E-state index contributed by atoms with van der Waals surface area (Å²) in [4.78, 5) is 29.9. The first-order valence-corrected chi connectivity index (χ1v) is 18.5. The van der Waals surface area contributed by atoms with Crippen LogP contribution in [0, 0.1) is 5.92 Å². The van der Waals surface area contributed by atoms with Crippen molar-refractivity contribution in [1.29, 1.82) is 0 Å². The number of fused-ring (bicyclic) bond motifs is 4. The first kappa shape index (κ1) is 35.6. The van der Waals surface area contributed by atoms with Crippen LogP contribution < -0.4 is 15.6 Å². The van der Waals surface area contributed by atoms with Crippen LogP contribution >= 0.6 is 11.6 Å². The number of nitrogens with one attached hydrogen (secondary N) is 2. The van der Waals surface area contributed by atoms with Gasteiger partial charge in [-0.2, -0.15) is 0 Å². The van der Waals surface area contributed by atoms with E-state index >= 15 is 0 Å². The number of hydrogen-bond acceptors (Lipinski definition) is 7. The minimum atomic E-state index is -0.731. The Kier molecular flexibility index (Phi) is 11.1. The van der Waals surface area contributed by atoms with Gasteiger partial charge >= 0.3 is 6.09 Å². The number of phenols is 1. The van der Waals surface area contributed by atoms with Crippen LogP contribution in [0.5, 0.6) is 11.5 Å². The van der Waals surface area contributed by atoms with Crippen molar-refractivity contribution >= 4 is 28.6 Å². The number of amides is 1. The molecule has 3 aliphatic heterocycles. The number of hydrogen-bond donors (Lipinski definition) is 4. The highest BCUT2D eigenvalue weighted by molar-refractivity contribution is 6.31. The van der Waals surface area contributed by atoms with Gasteiger partial charge in [0.25, 0.3) is 0 Å². The Bertz CT molecular complexity index is 2060. The zero-order valence-electron chi connectivity index (χ0n) is 29.0. The summed E-state index contributed by atoms with van der Waals surface area (Å²) >= 11 is 6.70. The number of aliphatic hydroxyl groups excluding tert-OH is 1. The van der Waals surface area contributed by atoms with Crippen LogP contribution in [-0.4, -0.2) is 51.9 Å².